The number of ether oxygens (including phenoxy) is 2. The number of morpholine rings is 1. The van der Waals surface area contributed by atoms with E-state index in [-0.39, 0.29) is 5.97 Å². The summed E-state index contributed by atoms with van der Waals surface area (Å²) in [5, 5.41) is 0. The Balaban J connectivity index is 1.97. The van der Waals surface area contributed by atoms with Gasteiger partial charge < -0.3 is 9.47 Å². The molecular weight excluding hydrogens is 194 g/mol. The predicted molar refractivity (Wildman–Crippen MR) is 57.7 cm³/mol. The van der Waals surface area contributed by atoms with Crippen molar-refractivity contribution in [3.05, 3.63) is 0 Å². The molecule has 0 aromatic heterocycles. The molecule has 88 valence electrons. The van der Waals surface area contributed by atoms with Crippen LogP contribution in [0.1, 0.15) is 26.2 Å². The molecule has 1 aliphatic heterocycles. The van der Waals surface area contributed by atoms with Gasteiger partial charge in [-0.2, -0.15) is 0 Å². The molecule has 0 aromatic carbocycles. The highest BCUT2D eigenvalue weighted by molar-refractivity contribution is 5.69. The van der Waals surface area contributed by atoms with Gasteiger partial charge in [0.25, 0.3) is 0 Å². The van der Waals surface area contributed by atoms with E-state index in [4.69, 9.17) is 9.47 Å². The monoisotopic (exact) mass is 215 g/mol. The van der Waals surface area contributed by atoms with Crippen LogP contribution in [0.2, 0.25) is 0 Å². The van der Waals surface area contributed by atoms with Crippen LogP contribution >= 0.6 is 0 Å². The molecule has 4 heteroatoms. The van der Waals surface area contributed by atoms with Gasteiger partial charge >= 0.3 is 5.97 Å². The van der Waals surface area contributed by atoms with E-state index in [1.807, 2.05) is 6.92 Å². The highest BCUT2D eigenvalue weighted by Crippen LogP contribution is 2.01. The molecule has 1 aliphatic rings. The first-order chi connectivity index (χ1) is 7.33. The minimum atomic E-state index is -0.0647. The zero-order valence-corrected chi connectivity index (χ0v) is 9.54. The smallest absolute Gasteiger partial charge is 0.305 e. The van der Waals surface area contributed by atoms with Crippen molar-refractivity contribution < 1.29 is 14.3 Å². The number of rotatable bonds is 6. The van der Waals surface area contributed by atoms with Gasteiger partial charge in [0.1, 0.15) is 0 Å². The summed E-state index contributed by atoms with van der Waals surface area (Å²) in [7, 11) is 0. The Morgan fingerprint density at radius 3 is 2.80 bits per heavy atom. The number of carbonyl (C=O) groups is 1. The number of hydrogen-bond donors (Lipinski definition) is 0. The van der Waals surface area contributed by atoms with E-state index in [2.05, 4.69) is 4.90 Å². The van der Waals surface area contributed by atoms with Crippen molar-refractivity contribution >= 4 is 5.97 Å². The minimum Gasteiger partial charge on any atom is -0.466 e. The molecule has 0 aliphatic carbocycles. The summed E-state index contributed by atoms with van der Waals surface area (Å²) in [6.07, 6.45) is 2.33. The summed E-state index contributed by atoms with van der Waals surface area (Å²) in [4.78, 5) is 13.5. The fraction of sp³-hybridized carbons (Fsp3) is 0.909. The van der Waals surface area contributed by atoms with Crippen molar-refractivity contribution in [1.29, 1.82) is 0 Å². The molecule has 0 saturated carbocycles. The van der Waals surface area contributed by atoms with Crippen molar-refractivity contribution in [3.8, 4) is 0 Å². The Labute approximate surface area is 91.5 Å². The van der Waals surface area contributed by atoms with Gasteiger partial charge in [0.2, 0.25) is 0 Å². The largest absolute Gasteiger partial charge is 0.466 e. The van der Waals surface area contributed by atoms with Crippen LogP contribution < -0.4 is 0 Å². The first-order valence-corrected chi connectivity index (χ1v) is 5.78. The Kier molecular flexibility index (Phi) is 6.36. The van der Waals surface area contributed by atoms with Crippen LogP contribution in [0.15, 0.2) is 0 Å². The van der Waals surface area contributed by atoms with E-state index >= 15 is 0 Å². The lowest BCUT2D eigenvalue weighted by Crippen LogP contribution is -2.37. The lowest BCUT2D eigenvalue weighted by Gasteiger charge is -2.26. The van der Waals surface area contributed by atoms with Gasteiger partial charge in [-0.1, -0.05) is 6.92 Å². The average Bonchev–Trinajstić information content (AvgIpc) is 2.28. The molecule has 1 fully saturated rings. The van der Waals surface area contributed by atoms with Crippen LogP contribution in [0, 0.1) is 0 Å². The second kappa shape index (κ2) is 7.65. The van der Waals surface area contributed by atoms with Crippen LogP contribution in [-0.2, 0) is 14.3 Å². The summed E-state index contributed by atoms with van der Waals surface area (Å²) >= 11 is 0. The van der Waals surface area contributed by atoms with Gasteiger partial charge in [-0.3, -0.25) is 9.69 Å². The fourth-order valence-corrected chi connectivity index (χ4v) is 1.56. The Morgan fingerprint density at radius 2 is 2.13 bits per heavy atom. The lowest BCUT2D eigenvalue weighted by atomic mass is 10.3. The molecule has 4 nitrogen and oxygen atoms in total. The molecule has 0 unspecified atom stereocenters. The molecule has 15 heavy (non-hydrogen) atoms. The average molecular weight is 215 g/mol. The first-order valence-electron chi connectivity index (χ1n) is 5.78. The van der Waals surface area contributed by atoms with Crippen molar-refractivity contribution in [3.63, 3.8) is 0 Å². The fourth-order valence-electron chi connectivity index (χ4n) is 1.56. The van der Waals surface area contributed by atoms with Crippen LogP contribution in [0.4, 0.5) is 0 Å². The third-order valence-corrected chi connectivity index (χ3v) is 2.43. The lowest BCUT2D eigenvalue weighted by molar-refractivity contribution is -0.143. The van der Waals surface area contributed by atoms with Gasteiger partial charge in [-0.15, -0.1) is 0 Å². The molecule has 0 amide bonds. The highest BCUT2D eigenvalue weighted by atomic mass is 16.5. The molecular formula is C11H21NO3. The first kappa shape index (κ1) is 12.5. The van der Waals surface area contributed by atoms with Crippen molar-refractivity contribution in [1.82, 2.24) is 4.90 Å². The summed E-state index contributed by atoms with van der Waals surface area (Å²) in [6.45, 7) is 7.15. The molecule has 1 saturated heterocycles. The summed E-state index contributed by atoms with van der Waals surface area (Å²) < 4.78 is 10.2. The normalized spacial score (nSPS) is 17.7. The maximum Gasteiger partial charge on any atom is 0.305 e. The van der Waals surface area contributed by atoms with Gasteiger partial charge in [0.05, 0.1) is 19.8 Å². The Bertz CT molecular complexity index is 179. The minimum absolute atomic E-state index is 0.0647. The van der Waals surface area contributed by atoms with E-state index in [0.29, 0.717) is 13.0 Å². The topological polar surface area (TPSA) is 38.8 Å². The molecule has 0 N–H and O–H groups in total. The SMILES string of the molecule is CCCOC(=O)CCCN1CCOCC1. The maximum absolute atomic E-state index is 11.2. The van der Waals surface area contributed by atoms with Crippen molar-refractivity contribution in [2.24, 2.45) is 0 Å². The van der Waals surface area contributed by atoms with Gasteiger partial charge in [0, 0.05) is 19.5 Å². The summed E-state index contributed by atoms with van der Waals surface area (Å²) in [5.41, 5.74) is 0. The zero-order chi connectivity index (χ0) is 10.9. The predicted octanol–water partition coefficient (Wildman–Crippen LogP) is 1.05. The quantitative estimate of drug-likeness (QED) is 0.621. The molecule has 0 atom stereocenters. The summed E-state index contributed by atoms with van der Waals surface area (Å²) in [5.74, 6) is -0.0647. The number of esters is 1. The van der Waals surface area contributed by atoms with Crippen LogP contribution in [0.25, 0.3) is 0 Å². The molecule has 1 heterocycles. The zero-order valence-electron chi connectivity index (χ0n) is 9.54. The van der Waals surface area contributed by atoms with Crippen molar-refractivity contribution in [2.75, 3.05) is 39.5 Å². The van der Waals surface area contributed by atoms with E-state index in [1.54, 1.807) is 0 Å². The molecule has 0 spiro atoms. The van der Waals surface area contributed by atoms with E-state index in [0.717, 1.165) is 45.7 Å². The maximum atomic E-state index is 11.2. The number of hydrogen-bond acceptors (Lipinski definition) is 4. The van der Waals surface area contributed by atoms with E-state index in [1.165, 1.54) is 0 Å². The summed E-state index contributed by atoms with van der Waals surface area (Å²) in [6, 6.07) is 0. The molecule has 1 rings (SSSR count). The van der Waals surface area contributed by atoms with Crippen LogP contribution in [0.3, 0.4) is 0 Å². The standard InChI is InChI=1S/C11H21NO3/c1-2-8-15-11(13)4-3-5-12-6-9-14-10-7-12/h2-10H2,1H3. The van der Waals surface area contributed by atoms with Gasteiger partial charge in [-0.05, 0) is 19.4 Å². The third-order valence-electron chi connectivity index (χ3n) is 2.43. The third kappa shape index (κ3) is 5.74. The van der Waals surface area contributed by atoms with Crippen LogP contribution in [0.5, 0.6) is 0 Å². The van der Waals surface area contributed by atoms with Gasteiger partial charge in [-0.25, -0.2) is 0 Å². The molecule has 0 radical (unpaired) electrons. The van der Waals surface area contributed by atoms with Gasteiger partial charge in [0.15, 0.2) is 0 Å². The van der Waals surface area contributed by atoms with E-state index in [9.17, 15) is 4.79 Å². The van der Waals surface area contributed by atoms with Crippen LogP contribution in [-0.4, -0.2) is 50.3 Å². The molecule has 0 aromatic rings. The second-order valence-corrected chi connectivity index (χ2v) is 3.78. The highest BCUT2D eigenvalue weighted by Gasteiger charge is 2.10. The molecule has 0 bridgehead atoms. The second-order valence-electron chi connectivity index (χ2n) is 3.78. The number of nitrogens with zero attached hydrogens (tertiary/aromatic N) is 1. The van der Waals surface area contributed by atoms with E-state index < -0.39 is 0 Å². The Hall–Kier alpha value is -0.610. The number of carbonyl (C=O) groups excluding carboxylic acids is 1. The Morgan fingerprint density at radius 1 is 1.40 bits per heavy atom. The van der Waals surface area contributed by atoms with Crippen molar-refractivity contribution in [2.45, 2.75) is 26.2 Å².